The van der Waals surface area contributed by atoms with Crippen LogP contribution in [0.5, 0.6) is 11.5 Å². The standard InChI is InChI=1S/C71H81N7O22/c1-12-43-30-53(63(80)75-48-18-16-45(17-19-48)62(72)78-71(89)100-39(6)95-59(79)36-94-27-26-93-25-24-90-9)51(32-57(43)91-10)49-20-22-55(64(81)73-34-42-14-15-42)76-60(49)69(87)99-41(8)97-68(86)38(5)28-46-29-47(46)35-74-65(82)56-23-21-50(52-33-58(92-11)44(13-2)31-54(52)66(83)84)61(77-56)70(88)98-40(7)96-67(85)37(3)4/h12-13,16-23,30-33,37-42,46-47H,1-2,14-15,24-29,34-36H2,3-11H3,(H,73,81)(H,74,82)(H,75,80)(H,83,84)(H2,72,78,89). The maximum absolute atomic E-state index is 14.5. The van der Waals surface area contributed by atoms with E-state index in [1.807, 2.05) is 0 Å². The van der Waals surface area contributed by atoms with E-state index in [9.17, 15) is 53.1 Å². The minimum Gasteiger partial charge on any atom is -0.496 e. The van der Waals surface area contributed by atoms with E-state index < -0.39 is 114 Å². The quantitative estimate of drug-likeness (QED) is 0.00545. The molecule has 0 aliphatic heterocycles. The molecular formula is C71H81N7O22. The van der Waals surface area contributed by atoms with Gasteiger partial charge in [0.1, 0.15) is 35.3 Å². The molecular weight excluding hydrogens is 1300 g/mol. The third-order valence-electron chi connectivity index (χ3n) is 15.6. The zero-order valence-electron chi connectivity index (χ0n) is 56.8. The van der Waals surface area contributed by atoms with Gasteiger partial charge in [0.2, 0.25) is 18.9 Å². The summed E-state index contributed by atoms with van der Waals surface area (Å²) in [5.74, 6) is -8.93. The highest BCUT2D eigenvalue weighted by Crippen LogP contribution is 2.43. The van der Waals surface area contributed by atoms with Crippen molar-refractivity contribution in [1.29, 1.82) is 5.41 Å². The molecule has 2 aromatic heterocycles. The minimum absolute atomic E-state index is 0.000000339. The summed E-state index contributed by atoms with van der Waals surface area (Å²) in [6.45, 7) is 17.5. The maximum atomic E-state index is 14.5. The molecule has 7 rings (SSSR count). The van der Waals surface area contributed by atoms with Crippen LogP contribution in [0.2, 0.25) is 0 Å². The lowest BCUT2D eigenvalue weighted by Gasteiger charge is -2.19. The van der Waals surface area contributed by atoms with Crippen molar-refractivity contribution in [2.75, 3.05) is 72.8 Å². The number of amides is 4. The van der Waals surface area contributed by atoms with Crippen LogP contribution in [0.25, 0.3) is 34.4 Å². The zero-order chi connectivity index (χ0) is 72.9. The van der Waals surface area contributed by atoms with E-state index >= 15 is 0 Å². The van der Waals surface area contributed by atoms with E-state index in [0.717, 1.165) is 12.8 Å². The third-order valence-corrected chi connectivity index (χ3v) is 15.6. The van der Waals surface area contributed by atoms with Gasteiger partial charge in [0.05, 0.1) is 58.0 Å². The molecule has 0 radical (unpaired) electrons. The number of nitrogens with zero attached hydrogens (tertiary/aromatic N) is 2. The Morgan fingerprint density at radius 3 is 1.64 bits per heavy atom. The van der Waals surface area contributed by atoms with Gasteiger partial charge in [-0.2, -0.15) is 0 Å². The van der Waals surface area contributed by atoms with Crippen LogP contribution in [0.4, 0.5) is 10.5 Å². The highest BCUT2D eigenvalue weighted by atomic mass is 16.7. The van der Waals surface area contributed by atoms with E-state index in [4.69, 9.17) is 57.5 Å². The molecule has 4 amide bonds. The Balaban J connectivity index is 0.999. The van der Waals surface area contributed by atoms with E-state index in [1.54, 1.807) is 20.8 Å². The fourth-order valence-corrected chi connectivity index (χ4v) is 10.0. The van der Waals surface area contributed by atoms with Gasteiger partial charge in [-0.25, -0.2) is 33.9 Å². The summed E-state index contributed by atoms with van der Waals surface area (Å²) in [6, 6.07) is 16.8. The Kier molecular flexibility index (Phi) is 27.6. The maximum Gasteiger partial charge on any atom is 0.415 e. The van der Waals surface area contributed by atoms with Crippen molar-refractivity contribution in [2.24, 2.45) is 29.6 Å². The predicted molar refractivity (Wildman–Crippen MR) is 359 cm³/mol. The van der Waals surface area contributed by atoms with Gasteiger partial charge in [-0.05, 0) is 116 Å². The highest BCUT2D eigenvalue weighted by Gasteiger charge is 2.40. The van der Waals surface area contributed by atoms with Gasteiger partial charge in [-0.1, -0.05) is 46.1 Å². The molecule has 2 saturated carbocycles. The summed E-state index contributed by atoms with van der Waals surface area (Å²) >= 11 is 0. The smallest absolute Gasteiger partial charge is 0.415 e. The second-order valence-electron chi connectivity index (χ2n) is 23.6. The molecule has 29 heteroatoms. The number of methoxy groups -OCH3 is 3. The molecule has 3 aromatic carbocycles. The lowest BCUT2D eigenvalue weighted by Crippen LogP contribution is -2.35. The molecule has 6 N–H and O–H groups in total. The summed E-state index contributed by atoms with van der Waals surface area (Å²) in [5.41, 5.74) is -0.349. The van der Waals surface area contributed by atoms with Crippen LogP contribution in [-0.2, 0) is 57.0 Å². The van der Waals surface area contributed by atoms with Crippen molar-refractivity contribution in [3.05, 3.63) is 137 Å². The number of aromatic nitrogens is 2. The lowest BCUT2D eigenvalue weighted by atomic mass is 9.94. The topological polar surface area (TPSA) is 390 Å². The number of carbonyl (C=O) groups excluding carboxylic acids is 9. The number of ether oxygens (including phenoxy) is 11. The van der Waals surface area contributed by atoms with Gasteiger partial charge in [0.15, 0.2) is 11.4 Å². The number of amidine groups is 1. The monoisotopic (exact) mass is 1380 g/mol. The van der Waals surface area contributed by atoms with Gasteiger partial charge < -0.3 is 73.2 Å². The van der Waals surface area contributed by atoms with Crippen molar-refractivity contribution in [1.82, 2.24) is 25.9 Å². The van der Waals surface area contributed by atoms with E-state index in [1.165, 1.54) is 127 Å². The molecule has 0 spiro atoms. The molecule has 0 bridgehead atoms. The Labute approximate surface area is 576 Å². The van der Waals surface area contributed by atoms with Crippen LogP contribution in [0, 0.1) is 35.0 Å². The molecule has 5 aromatic rings. The van der Waals surface area contributed by atoms with Crippen LogP contribution < -0.4 is 30.7 Å². The Hall–Kier alpha value is -10.9. The van der Waals surface area contributed by atoms with Crippen LogP contribution in [-0.4, -0.2) is 167 Å². The highest BCUT2D eigenvalue weighted by molar-refractivity contribution is 6.12. The summed E-state index contributed by atoms with van der Waals surface area (Å²) in [6.07, 6.45) is 0.262. The Morgan fingerprint density at radius 1 is 0.590 bits per heavy atom. The molecule has 29 nitrogen and oxygen atoms in total. The van der Waals surface area contributed by atoms with Crippen LogP contribution in [0.3, 0.4) is 0 Å². The normalized spacial score (nSPS) is 14.8. The number of carboxylic acids is 1. The first kappa shape index (κ1) is 76.5. The molecule has 0 saturated heterocycles. The van der Waals surface area contributed by atoms with E-state index in [0.29, 0.717) is 49.6 Å². The second kappa shape index (κ2) is 36.1. The number of carboxylic acid groups (broad SMARTS) is 1. The number of hydrogen-bond acceptors (Lipinski definition) is 24. The second-order valence-corrected chi connectivity index (χ2v) is 23.6. The molecule has 2 aliphatic rings. The number of aromatic carboxylic acids is 1. The largest absolute Gasteiger partial charge is 0.496 e. The molecule has 2 heterocycles. The van der Waals surface area contributed by atoms with Crippen molar-refractivity contribution < 1.29 is 105 Å². The minimum atomic E-state index is -1.52. The molecule has 532 valence electrons. The number of carbonyl (C=O) groups is 10. The van der Waals surface area contributed by atoms with Crippen LogP contribution in [0.15, 0.2) is 86.0 Å². The van der Waals surface area contributed by atoms with Crippen molar-refractivity contribution >= 4 is 83.3 Å². The average Bonchev–Trinajstić information content (AvgIpc) is 1.33. The zero-order valence-corrected chi connectivity index (χ0v) is 56.8. The van der Waals surface area contributed by atoms with Crippen molar-refractivity contribution in [3.63, 3.8) is 0 Å². The summed E-state index contributed by atoms with van der Waals surface area (Å²) in [7, 11) is 4.29. The fraction of sp³-hybridized carbons (Fsp3) is 0.394. The number of benzene rings is 3. The number of pyridine rings is 2. The number of anilines is 1. The van der Waals surface area contributed by atoms with Gasteiger partial charge in [0.25, 0.3) is 17.7 Å². The number of hydrogen-bond donors (Lipinski definition) is 6. The number of esters is 5. The van der Waals surface area contributed by atoms with Crippen LogP contribution in [0.1, 0.15) is 147 Å². The summed E-state index contributed by atoms with van der Waals surface area (Å²) < 4.78 is 58.6. The Bertz CT molecular complexity index is 3910. The van der Waals surface area contributed by atoms with E-state index in [2.05, 4.69) is 44.4 Å². The fourth-order valence-electron chi connectivity index (χ4n) is 10.0. The molecule has 2 aliphatic carbocycles. The van der Waals surface area contributed by atoms with Gasteiger partial charge in [0, 0.05) is 91.2 Å². The van der Waals surface area contributed by atoms with Crippen molar-refractivity contribution in [2.45, 2.75) is 86.1 Å². The third kappa shape index (κ3) is 21.5. The number of nitrogens with one attached hydrogen (secondary N) is 5. The first-order valence-corrected chi connectivity index (χ1v) is 31.9. The first-order chi connectivity index (χ1) is 47.7. The molecule has 100 heavy (non-hydrogen) atoms. The van der Waals surface area contributed by atoms with Crippen molar-refractivity contribution in [3.8, 4) is 33.8 Å². The van der Waals surface area contributed by atoms with Gasteiger partial charge >= 0.3 is 41.9 Å². The van der Waals surface area contributed by atoms with Crippen LogP contribution >= 0.6 is 0 Å². The SMILES string of the molecule is C=Cc1cc(C(=O)O)c(-c2ccc(C(=O)NCC3CC3CC(C)C(=O)OC(C)OC(=O)c3nc(C(=O)NCC4CC4)ccc3-c3cc(OC)c(C=C)cc3C(=O)Nc3ccc(C(=N)NC(=O)OC(C)OC(=O)COCCOCCOC)cc3)nc2C(=O)OC(C)OC(=O)C(C)C)cc1OC. The summed E-state index contributed by atoms with van der Waals surface area (Å²) in [4.78, 5) is 142. The average molecular weight is 1380 g/mol. The lowest BCUT2D eigenvalue weighted by molar-refractivity contribution is -0.171. The number of rotatable bonds is 36. The predicted octanol–water partition coefficient (Wildman–Crippen LogP) is 8.66. The number of alkyl carbamates (subject to hydrolysis) is 1. The Morgan fingerprint density at radius 2 is 1.11 bits per heavy atom. The van der Waals surface area contributed by atoms with E-state index in [-0.39, 0.29) is 99.1 Å². The molecule has 6 unspecified atom stereocenters. The van der Waals surface area contributed by atoms with Gasteiger partial charge in [-0.15, -0.1) is 0 Å². The molecule has 6 atom stereocenters. The summed E-state index contributed by atoms with van der Waals surface area (Å²) in [5, 5.41) is 29.4. The first-order valence-electron chi connectivity index (χ1n) is 31.9. The molecule has 2 fully saturated rings. The van der Waals surface area contributed by atoms with Gasteiger partial charge in [-0.3, -0.25) is 34.7 Å².